The molecular weight excluding hydrogens is 292 g/mol. The quantitative estimate of drug-likeness (QED) is 0.678. The first-order chi connectivity index (χ1) is 11.2. The highest BCUT2D eigenvalue weighted by Crippen LogP contribution is 2.23. The van der Waals surface area contributed by atoms with Gasteiger partial charge in [-0.2, -0.15) is 0 Å². The molecule has 0 atom stereocenters. The Morgan fingerprint density at radius 1 is 1.17 bits per heavy atom. The lowest BCUT2D eigenvalue weighted by atomic mass is 10.2. The summed E-state index contributed by atoms with van der Waals surface area (Å²) in [6.45, 7) is 4.35. The molecule has 0 unspecified atom stereocenters. The summed E-state index contributed by atoms with van der Waals surface area (Å²) in [4.78, 5) is 16.6. The van der Waals surface area contributed by atoms with Crippen molar-refractivity contribution in [3.8, 4) is 5.75 Å². The molecule has 0 spiro atoms. The molecule has 0 bridgehead atoms. The monoisotopic (exact) mass is 310 g/mol. The fraction of sp³-hybridized carbons (Fsp3) is 0.222. The molecule has 5 nitrogen and oxygen atoms in total. The Balaban J connectivity index is 1.93. The van der Waals surface area contributed by atoms with Gasteiger partial charge in [-0.15, -0.1) is 0 Å². The van der Waals surface area contributed by atoms with Gasteiger partial charge < -0.3 is 9.47 Å². The summed E-state index contributed by atoms with van der Waals surface area (Å²) in [6.07, 6.45) is 1.79. The Kier molecular flexibility index (Phi) is 4.28. The van der Waals surface area contributed by atoms with Gasteiger partial charge in [-0.25, -0.2) is 9.78 Å². The second-order valence-corrected chi connectivity index (χ2v) is 5.11. The van der Waals surface area contributed by atoms with E-state index in [-0.39, 0.29) is 5.97 Å². The number of nitrogens with zero attached hydrogens (tertiary/aromatic N) is 2. The van der Waals surface area contributed by atoms with Gasteiger partial charge in [0, 0.05) is 6.20 Å². The summed E-state index contributed by atoms with van der Waals surface area (Å²) >= 11 is 0. The summed E-state index contributed by atoms with van der Waals surface area (Å²) in [7, 11) is 0. The third kappa shape index (κ3) is 3.04. The van der Waals surface area contributed by atoms with E-state index in [1.807, 2.05) is 42.5 Å². The van der Waals surface area contributed by atoms with Crippen LogP contribution in [-0.4, -0.2) is 22.0 Å². The molecule has 5 heteroatoms. The van der Waals surface area contributed by atoms with E-state index in [0.717, 1.165) is 5.56 Å². The van der Waals surface area contributed by atoms with Crippen molar-refractivity contribution in [3.05, 3.63) is 65.6 Å². The molecule has 23 heavy (non-hydrogen) atoms. The van der Waals surface area contributed by atoms with E-state index in [2.05, 4.69) is 4.98 Å². The lowest BCUT2D eigenvalue weighted by Gasteiger charge is -2.08. The van der Waals surface area contributed by atoms with Crippen LogP contribution in [-0.2, 0) is 11.3 Å². The molecule has 118 valence electrons. The van der Waals surface area contributed by atoms with Gasteiger partial charge in [0.1, 0.15) is 6.61 Å². The van der Waals surface area contributed by atoms with E-state index >= 15 is 0 Å². The molecule has 1 aromatic carbocycles. The summed E-state index contributed by atoms with van der Waals surface area (Å²) in [5, 5.41) is 0. The number of aryl methyl sites for hydroxylation is 1. The molecule has 2 aromatic heterocycles. The number of pyridine rings is 1. The normalized spacial score (nSPS) is 10.7. The van der Waals surface area contributed by atoms with Crippen LogP contribution in [0.25, 0.3) is 5.65 Å². The minimum absolute atomic E-state index is 0.329. The molecule has 0 aliphatic rings. The van der Waals surface area contributed by atoms with Crippen molar-refractivity contribution >= 4 is 11.6 Å². The number of hydrogen-bond donors (Lipinski definition) is 0. The van der Waals surface area contributed by atoms with Crippen molar-refractivity contribution in [2.75, 3.05) is 6.61 Å². The Morgan fingerprint density at radius 3 is 2.70 bits per heavy atom. The average molecular weight is 310 g/mol. The highest BCUT2D eigenvalue weighted by atomic mass is 16.5. The maximum Gasteiger partial charge on any atom is 0.357 e. The van der Waals surface area contributed by atoms with Crippen molar-refractivity contribution in [3.63, 3.8) is 0 Å². The zero-order valence-corrected chi connectivity index (χ0v) is 13.2. The second kappa shape index (κ2) is 6.52. The fourth-order valence-electron chi connectivity index (χ4n) is 2.45. The SMILES string of the molecule is CCOC(=O)c1c(C)nc2c(OCc3ccccc3)cccn12. The van der Waals surface area contributed by atoms with Crippen molar-refractivity contribution in [1.29, 1.82) is 0 Å². The smallest absolute Gasteiger partial charge is 0.357 e. The van der Waals surface area contributed by atoms with E-state index in [1.165, 1.54) is 0 Å². The summed E-state index contributed by atoms with van der Waals surface area (Å²) in [5.41, 5.74) is 2.75. The Labute approximate surface area is 134 Å². The number of aromatic nitrogens is 2. The molecule has 0 aliphatic heterocycles. The maximum atomic E-state index is 12.1. The van der Waals surface area contributed by atoms with Crippen molar-refractivity contribution in [1.82, 2.24) is 9.38 Å². The lowest BCUT2D eigenvalue weighted by Crippen LogP contribution is -2.09. The summed E-state index contributed by atoms with van der Waals surface area (Å²) in [5.74, 6) is 0.257. The summed E-state index contributed by atoms with van der Waals surface area (Å²) in [6, 6.07) is 13.6. The number of carbonyl (C=O) groups is 1. The van der Waals surface area contributed by atoms with Crippen LogP contribution in [0.2, 0.25) is 0 Å². The number of fused-ring (bicyclic) bond motifs is 1. The van der Waals surface area contributed by atoms with Crippen LogP contribution in [0.5, 0.6) is 5.75 Å². The second-order valence-electron chi connectivity index (χ2n) is 5.11. The van der Waals surface area contributed by atoms with Crippen LogP contribution >= 0.6 is 0 Å². The van der Waals surface area contributed by atoms with Crippen LogP contribution in [0, 0.1) is 6.92 Å². The number of rotatable bonds is 5. The van der Waals surface area contributed by atoms with E-state index in [4.69, 9.17) is 9.47 Å². The molecule has 0 amide bonds. The third-order valence-corrected chi connectivity index (χ3v) is 3.49. The number of ether oxygens (including phenoxy) is 2. The van der Waals surface area contributed by atoms with Crippen LogP contribution in [0.1, 0.15) is 28.7 Å². The Morgan fingerprint density at radius 2 is 1.96 bits per heavy atom. The van der Waals surface area contributed by atoms with Crippen molar-refractivity contribution < 1.29 is 14.3 Å². The highest BCUT2D eigenvalue weighted by Gasteiger charge is 2.19. The van der Waals surface area contributed by atoms with Gasteiger partial charge in [0.05, 0.1) is 12.3 Å². The van der Waals surface area contributed by atoms with Gasteiger partial charge in [0.25, 0.3) is 0 Å². The molecule has 0 fully saturated rings. The minimum Gasteiger partial charge on any atom is -0.485 e. The molecule has 0 saturated carbocycles. The minimum atomic E-state index is -0.377. The molecule has 2 heterocycles. The number of benzene rings is 1. The third-order valence-electron chi connectivity index (χ3n) is 3.49. The zero-order chi connectivity index (χ0) is 16.2. The number of imidazole rings is 1. The predicted molar refractivity (Wildman–Crippen MR) is 86.7 cm³/mol. The molecule has 0 saturated heterocycles. The average Bonchev–Trinajstić information content (AvgIpc) is 2.90. The van der Waals surface area contributed by atoms with Crippen LogP contribution in [0.3, 0.4) is 0 Å². The van der Waals surface area contributed by atoms with Crippen molar-refractivity contribution in [2.45, 2.75) is 20.5 Å². The number of carbonyl (C=O) groups excluding carboxylic acids is 1. The first-order valence-electron chi connectivity index (χ1n) is 7.52. The first-order valence-corrected chi connectivity index (χ1v) is 7.52. The van der Waals surface area contributed by atoms with Gasteiger partial charge in [0.2, 0.25) is 0 Å². The van der Waals surface area contributed by atoms with E-state index < -0.39 is 0 Å². The lowest BCUT2D eigenvalue weighted by molar-refractivity contribution is 0.0517. The van der Waals surface area contributed by atoms with Gasteiger partial charge in [-0.3, -0.25) is 4.40 Å². The van der Waals surface area contributed by atoms with Crippen LogP contribution < -0.4 is 4.74 Å². The largest absolute Gasteiger partial charge is 0.485 e. The standard InChI is InChI=1S/C18H18N2O3/c1-3-22-18(21)16-13(2)19-17-15(10-7-11-20(16)17)23-12-14-8-5-4-6-9-14/h4-11H,3,12H2,1-2H3. The molecule has 3 aromatic rings. The van der Waals surface area contributed by atoms with Gasteiger partial charge >= 0.3 is 5.97 Å². The molecule has 0 aliphatic carbocycles. The summed E-state index contributed by atoms with van der Waals surface area (Å²) < 4.78 is 12.7. The van der Waals surface area contributed by atoms with E-state index in [1.54, 1.807) is 24.4 Å². The predicted octanol–water partition coefficient (Wildman–Crippen LogP) is 3.40. The molecule has 3 rings (SSSR count). The Bertz CT molecular complexity index is 825. The van der Waals surface area contributed by atoms with Gasteiger partial charge in [-0.05, 0) is 31.5 Å². The van der Waals surface area contributed by atoms with E-state index in [0.29, 0.717) is 36.0 Å². The zero-order valence-electron chi connectivity index (χ0n) is 13.2. The van der Waals surface area contributed by atoms with Gasteiger partial charge in [0.15, 0.2) is 17.1 Å². The molecule has 0 radical (unpaired) electrons. The van der Waals surface area contributed by atoms with Gasteiger partial charge in [-0.1, -0.05) is 30.3 Å². The number of esters is 1. The highest BCUT2D eigenvalue weighted by molar-refractivity contribution is 5.90. The molecular formula is C18H18N2O3. The van der Waals surface area contributed by atoms with E-state index in [9.17, 15) is 4.79 Å². The van der Waals surface area contributed by atoms with Crippen molar-refractivity contribution in [2.24, 2.45) is 0 Å². The fourth-order valence-corrected chi connectivity index (χ4v) is 2.45. The topological polar surface area (TPSA) is 52.8 Å². The first kappa shape index (κ1) is 15.1. The number of hydrogen-bond acceptors (Lipinski definition) is 4. The van der Waals surface area contributed by atoms with Crippen LogP contribution in [0.4, 0.5) is 0 Å². The van der Waals surface area contributed by atoms with Crippen LogP contribution in [0.15, 0.2) is 48.7 Å². The molecule has 0 N–H and O–H groups in total. The maximum absolute atomic E-state index is 12.1. The Hall–Kier alpha value is -2.82.